The van der Waals surface area contributed by atoms with E-state index in [9.17, 15) is 13.7 Å². The first-order valence-corrected chi connectivity index (χ1v) is 6.55. The van der Waals surface area contributed by atoms with Crippen molar-refractivity contribution in [3.63, 3.8) is 0 Å². The maximum absolute atomic E-state index is 13.7. The van der Waals surface area contributed by atoms with E-state index in [1.807, 2.05) is 6.92 Å². The zero-order chi connectivity index (χ0) is 14.5. The van der Waals surface area contributed by atoms with E-state index in [2.05, 4.69) is 14.7 Å². The minimum absolute atomic E-state index is 0.0360. The molecule has 0 spiro atoms. The summed E-state index contributed by atoms with van der Waals surface area (Å²) in [6, 6.07) is 3.57. The molecule has 0 aliphatic carbocycles. The van der Waals surface area contributed by atoms with Crippen molar-refractivity contribution in [2.45, 2.75) is 13.5 Å². The summed E-state index contributed by atoms with van der Waals surface area (Å²) in [4.78, 5) is 14.1. The Morgan fingerprint density at radius 1 is 1.45 bits per heavy atom. The molecule has 2 rings (SSSR count). The van der Waals surface area contributed by atoms with Crippen molar-refractivity contribution >= 4 is 24.0 Å². The van der Waals surface area contributed by atoms with Gasteiger partial charge < -0.3 is 0 Å². The van der Waals surface area contributed by atoms with Crippen LogP contribution in [0.1, 0.15) is 12.7 Å². The fraction of sp³-hybridized carbons (Fsp3) is 0.182. The molecule has 0 saturated carbocycles. The van der Waals surface area contributed by atoms with Crippen LogP contribution in [0.25, 0.3) is 11.4 Å². The second kappa shape index (κ2) is 6.51. The number of hydrogen-bond acceptors (Lipinski definition) is 5. The summed E-state index contributed by atoms with van der Waals surface area (Å²) >= 11 is 0.693. The van der Waals surface area contributed by atoms with Gasteiger partial charge in [-0.15, -0.1) is 0 Å². The van der Waals surface area contributed by atoms with E-state index < -0.39 is 11.6 Å². The predicted molar refractivity (Wildman–Crippen MR) is 75.4 cm³/mol. The SMILES string of the molecule is CCn1nc(-c2c(F)cccc2F)nc1C=BSN=O. The third-order valence-electron chi connectivity index (χ3n) is 2.51. The van der Waals surface area contributed by atoms with E-state index in [-0.39, 0.29) is 11.4 Å². The summed E-state index contributed by atoms with van der Waals surface area (Å²) in [6.45, 7) is 2.29. The summed E-state index contributed by atoms with van der Waals surface area (Å²) in [6.07, 6.45) is 1.42. The van der Waals surface area contributed by atoms with Crippen LogP contribution in [0.4, 0.5) is 8.78 Å². The van der Waals surface area contributed by atoms with Gasteiger partial charge in [-0.2, -0.15) is 0 Å². The van der Waals surface area contributed by atoms with E-state index in [0.29, 0.717) is 24.2 Å². The molecule has 102 valence electrons. The van der Waals surface area contributed by atoms with Gasteiger partial charge in [0.15, 0.2) is 0 Å². The first-order valence-electron chi connectivity index (χ1n) is 5.71. The van der Waals surface area contributed by atoms with Gasteiger partial charge in [0.1, 0.15) is 0 Å². The van der Waals surface area contributed by atoms with E-state index in [1.165, 1.54) is 22.9 Å². The van der Waals surface area contributed by atoms with Crippen molar-refractivity contribution in [2.75, 3.05) is 0 Å². The molecule has 0 aliphatic rings. The molecule has 0 fully saturated rings. The summed E-state index contributed by atoms with van der Waals surface area (Å²) in [5, 5.41) is 4.06. The van der Waals surface area contributed by atoms with Crippen molar-refractivity contribution in [3.05, 3.63) is 40.6 Å². The molecular formula is C11H9BF2N4OS. The fourth-order valence-corrected chi connectivity index (χ4v) is 1.88. The molecule has 0 bridgehead atoms. The van der Waals surface area contributed by atoms with E-state index in [1.54, 1.807) is 0 Å². The van der Waals surface area contributed by atoms with Crippen LogP contribution in [0.5, 0.6) is 0 Å². The second-order valence-electron chi connectivity index (χ2n) is 3.69. The van der Waals surface area contributed by atoms with E-state index in [0.717, 1.165) is 12.1 Å². The molecule has 0 radical (unpaired) electrons. The first-order chi connectivity index (χ1) is 9.67. The quantitative estimate of drug-likeness (QED) is 0.483. The van der Waals surface area contributed by atoms with Crippen LogP contribution in [0, 0.1) is 16.5 Å². The summed E-state index contributed by atoms with van der Waals surface area (Å²) in [5.41, 5.74) is -0.268. The number of hydrogen-bond donors (Lipinski definition) is 0. The molecule has 2 aromatic rings. The van der Waals surface area contributed by atoms with Crippen LogP contribution >= 0.6 is 11.8 Å². The molecule has 5 nitrogen and oxygen atoms in total. The van der Waals surface area contributed by atoms with Crippen LogP contribution in [-0.2, 0) is 6.54 Å². The Balaban J connectivity index is 2.46. The fourth-order valence-electron chi connectivity index (χ4n) is 1.64. The van der Waals surface area contributed by atoms with Gasteiger partial charge in [0.05, 0.1) is 0 Å². The Labute approximate surface area is 118 Å². The second-order valence-corrected chi connectivity index (χ2v) is 4.32. The Hall–Kier alpha value is -1.90. The summed E-state index contributed by atoms with van der Waals surface area (Å²) in [5.74, 6) is 0.410. The minimum atomic E-state index is -0.724. The third-order valence-corrected chi connectivity index (χ3v) is 2.85. The van der Waals surface area contributed by atoms with Gasteiger partial charge in [-0.05, 0) is 0 Å². The molecule has 1 aromatic carbocycles. The number of rotatable bonds is 5. The van der Waals surface area contributed by atoms with Crippen LogP contribution in [-0.4, -0.2) is 26.9 Å². The Morgan fingerprint density at radius 2 is 2.15 bits per heavy atom. The zero-order valence-electron chi connectivity index (χ0n) is 10.5. The molecule has 0 saturated heterocycles. The molecule has 1 aromatic heterocycles. The van der Waals surface area contributed by atoms with Crippen LogP contribution < -0.4 is 0 Å². The van der Waals surface area contributed by atoms with Gasteiger partial charge in [-0.25, -0.2) is 0 Å². The molecule has 0 amide bonds. The number of benzene rings is 1. The van der Waals surface area contributed by atoms with Gasteiger partial charge in [0.25, 0.3) is 0 Å². The normalized spacial score (nSPS) is 10.8. The van der Waals surface area contributed by atoms with Crippen LogP contribution in [0.3, 0.4) is 0 Å². The number of halogens is 2. The number of nitrogens with zero attached hydrogens (tertiary/aromatic N) is 4. The molecule has 1 heterocycles. The monoisotopic (exact) mass is 294 g/mol. The summed E-state index contributed by atoms with van der Waals surface area (Å²) in [7, 11) is 0. The van der Waals surface area contributed by atoms with Gasteiger partial charge in [0, 0.05) is 0 Å². The molecule has 0 aliphatic heterocycles. The first kappa shape index (κ1) is 14.5. The van der Waals surface area contributed by atoms with Crippen molar-refractivity contribution in [2.24, 2.45) is 4.58 Å². The van der Waals surface area contributed by atoms with E-state index in [4.69, 9.17) is 0 Å². The van der Waals surface area contributed by atoms with Gasteiger partial charge >= 0.3 is 118 Å². The Bertz CT molecular complexity index is 642. The van der Waals surface area contributed by atoms with Crippen molar-refractivity contribution in [1.29, 1.82) is 0 Å². The Kier molecular flexibility index (Phi) is 4.72. The molecular weight excluding hydrogens is 285 g/mol. The molecule has 0 unspecified atom stereocenters. The number of aryl methyl sites for hydroxylation is 1. The van der Waals surface area contributed by atoms with Crippen molar-refractivity contribution in [3.8, 4) is 11.4 Å². The van der Waals surface area contributed by atoms with E-state index >= 15 is 0 Å². The van der Waals surface area contributed by atoms with Crippen molar-refractivity contribution < 1.29 is 8.78 Å². The molecule has 0 atom stereocenters. The third kappa shape index (κ3) is 2.98. The zero-order valence-corrected chi connectivity index (χ0v) is 11.3. The maximum atomic E-state index is 13.7. The Morgan fingerprint density at radius 3 is 2.75 bits per heavy atom. The van der Waals surface area contributed by atoms with Crippen LogP contribution in [0.15, 0.2) is 22.8 Å². The van der Waals surface area contributed by atoms with Gasteiger partial charge in [0.2, 0.25) is 0 Å². The molecule has 9 heteroatoms. The summed E-state index contributed by atoms with van der Waals surface area (Å²) < 4.78 is 31.4. The topological polar surface area (TPSA) is 60.1 Å². The average molecular weight is 294 g/mol. The van der Waals surface area contributed by atoms with Gasteiger partial charge in [-0.1, -0.05) is 0 Å². The standard InChI is InChI=1S/C11H9BF2N4OS/c1-2-18-9(6-12-20-17-19)15-11(16-18)10-7(13)4-3-5-8(10)14/h3-6H,2H2,1H3. The predicted octanol–water partition coefficient (Wildman–Crippen LogP) is 2.43. The van der Waals surface area contributed by atoms with Crippen molar-refractivity contribution in [1.82, 2.24) is 14.8 Å². The number of aromatic nitrogens is 3. The van der Waals surface area contributed by atoms with Gasteiger partial charge in [-0.3, -0.25) is 0 Å². The number of nitroso groups, excluding NO2 is 1. The molecule has 0 N–H and O–H groups in total. The van der Waals surface area contributed by atoms with Crippen LogP contribution in [0.2, 0.25) is 0 Å². The average Bonchev–Trinajstić information content (AvgIpc) is 2.82. The molecule has 20 heavy (non-hydrogen) atoms.